The van der Waals surface area contributed by atoms with Crippen molar-refractivity contribution in [2.24, 2.45) is 0 Å². The van der Waals surface area contributed by atoms with Crippen LogP contribution in [0, 0.1) is 0 Å². The van der Waals surface area contributed by atoms with Crippen LogP contribution in [-0.4, -0.2) is 78.6 Å². The topological polar surface area (TPSA) is 114 Å². The SMILES string of the molecule is C[Si]1(O)O[Si](c2ccccc2)(c2ccccc2)O[Si](c2ccccc2)(c2ccc([Si]3(c4ccccc4)O[Si](c4ccccc4)(c4ccccc4)O[Si](C)(O)O[Si](c4ccccc4)(c4ccccc4)O3)cc2)O[Si](c2ccccc2)(c2ccccc2)O1. The molecule has 0 aromatic heterocycles. The summed E-state index contributed by atoms with van der Waals surface area (Å²) in [4.78, 5) is 26.6. The van der Waals surface area contributed by atoms with Gasteiger partial charge < -0.3 is 42.5 Å². The average Bonchev–Trinajstić information content (AvgIpc) is 0.820. The maximum absolute atomic E-state index is 13.3. The molecule has 0 radical (unpaired) electrons. The summed E-state index contributed by atoms with van der Waals surface area (Å²) in [7, 11) is -34.2. The molecule has 2 aliphatic heterocycles. The molecule has 2 heterocycles. The Morgan fingerprint density at radius 2 is 0.267 bits per heavy atom. The van der Waals surface area contributed by atoms with Crippen LogP contribution < -0.4 is 62.2 Å². The van der Waals surface area contributed by atoms with Gasteiger partial charge in [-0.25, -0.2) is 0 Å². The van der Waals surface area contributed by atoms with Crippen LogP contribution in [0.4, 0.5) is 0 Å². The third-order valence-corrected chi connectivity index (χ3v) is 48.6. The first-order chi connectivity index (χ1) is 41.9. The zero-order valence-electron chi connectivity index (χ0n) is 47.3. The quantitative estimate of drug-likeness (QED) is 0.160. The maximum Gasteiger partial charge on any atom is 0.477 e. The highest BCUT2D eigenvalue weighted by Gasteiger charge is 2.68. The van der Waals surface area contributed by atoms with E-state index in [1.807, 2.05) is 279 Å². The Morgan fingerprint density at radius 3 is 0.395 bits per heavy atom. The van der Waals surface area contributed by atoms with E-state index in [9.17, 15) is 9.59 Å². The normalized spacial score (nSPS) is 23.3. The molecule has 18 heteroatoms. The minimum absolute atomic E-state index is 0.727. The second-order valence-corrected chi connectivity index (χ2v) is 46.0. The van der Waals surface area contributed by atoms with E-state index in [4.69, 9.17) is 32.9 Å². The smallest absolute Gasteiger partial charge is 0.402 e. The van der Waals surface area contributed by atoms with E-state index in [0.717, 1.165) is 62.2 Å². The number of rotatable bonds is 12. The van der Waals surface area contributed by atoms with Gasteiger partial charge in [-0.15, -0.1) is 0 Å². The van der Waals surface area contributed by atoms with Crippen molar-refractivity contribution in [3.8, 4) is 0 Å². The molecule has 0 atom stereocenters. The highest BCUT2D eigenvalue weighted by molar-refractivity contribution is 7.14. The zero-order chi connectivity index (χ0) is 58.8. The van der Waals surface area contributed by atoms with E-state index in [2.05, 4.69) is 48.5 Å². The van der Waals surface area contributed by atoms with Crippen molar-refractivity contribution in [1.82, 2.24) is 0 Å². The molecule has 11 aromatic carbocycles. The first-order valence-electron chi connectivity index (χ1n) is 28.6. The fourth-order valence-corrected chi connectivity index (χ4v) is 52.1. The minimum atomic E-state index is -4.40. The van der Waals surface area contributed by atoms with E-state index in [-0.39, 0.29) is 0 Å². The molecular weight excluding hydrogens is 1200 g/mol. The predicted octanol–water partition coefficient (Wildman–Crippen LogP) is 5.11. The fourth-order valence-electron chi connectivity index (χ4n) is 11.9. The summed E-state index contributed by atoms with van der Waals surface area (Å²) in [6.07, 6.45) is 0. The van der Waals surface area contributed by atoms with Crippen molar-refractivity contribution in [2.75, 3.05) is 0 Å². The van der Waals surface area contributed by atoms with Crippen LogP contribution in [0.15, 0.2) is 328 Å². The second-order valence-electron chi connectivity index (χ2n) is 21.5. The number of benzene rings is 11. The van der Waals surface area contributed by atoms with Crippen molar-refractivity contribution in [2.45, 2.75) is 13.1 Å². The molecule has 2 aliphatic rings. The van der Waals surface area contributed by atoms with Crippen LogP contribution in [0.5, 0.6) is 0 Å². The highest BCUT2D eigenvalue weighted by atomic mass is 28.5. The lowest BCUT2D eigenvalue weighted by Crippen LogP contribution is -2.85. The number of hydrogen-bond donors (Lipinski definition) is 2. The predicted molar refractivity (Wildman–Crippen MR) is 357 cm³/mol. The lowest BCUT2D eigenvalue weighted by atomic mass is 10.3. The first-order valence-corrected chi connectivity index (χ1v) is 44.1. The molecule has 2 fully saturated rings. The molecule has 0 spiro atoms. The van der Waals surface area contributed by atoms with Crippen LogP contribution in [0.1, 0.15) is 0 Å². The van der Waals surface area contributed by atoms with Crippen molar-refractivity contribution in [3.63, 3.8) is 0 Å². The fraction of sp³-hybridized carbons (Fsp3) is 0.0294. The van der Waals surface area contributed by atoms with Gasteiger partial charge in [0.2, 0.25) is 0 Å². The standard InChI is InChI=1S/C68H62O10Si8/c1-79(69)71-81(57-33-13-3-14-34-57,58-35-15-4-16-36-58)75-85(65-49-29-11-30-50-65,76-82(72-79,59-37-17-5-18-38-59)60-39-19-6-20-40-60)67-53-55-68(56-54-67)86(66-51-31-12-32-52-66)77-83(61-41-21-7-22-42-61,62-43-23-8-24-44-62)73-80(2,70)74-84(78-86,63-45-25-9-26-46-63)64-47-27-10-28-48-64/h3-56,69-70H,1-2H3. The molecule has 2 saturated heterocycles. The molecule has 2 N–H and O–H groups in total. The van der Waals surface area contributed by atoms with Gasteiger partial charge in [-0.2, -0.15) is 0 Å². The Bertz CT molecular complexity index is 3400. The maximum atomic E-state index is 13.3. The number of hydrogen-bond acceptors (Lipinski definition) is 10. The molecule has 10 nitrogen and oxygen atoms in total. The van der Waals surface area contributed by atoms with Crippen LogP contribution >= 0.6 is 0 Å². The van der Waals surface area contributed by atoms with Gasteiger partial charge in [-0.3, -0.25) is 0 Å². The third-order valence-electron chi connectivity index (χ3n) is 15.7. The summed E-state index contributed by atoms with van der Waals surface area (Å²) in [5.74, 6) is 0. The lowest BCUT2D eigenvalue weighted by Gasteiger charge is -2.52. The summed E-state index contributed by atoms with van der Waals surface area (Å²) < 4.78 is 64.2. The van der Waals surface area contributed by atoms with Crippen LogP contribution in [0.3, 0.4) is 0 Å². The van der Waals surface area contributed by atoms with Crippen LogP contribution in [-0.2, 0) is 32.9 Å². The molecule has 0 unspecified atom stereocenters. The monoisotopic (exact) mass is 1260 g/mol. The van der Waals surface area contributed by atoms with E-state index in [0.29, 0.717) is 0 Å². The molecular formula is C68H62O10Si8. The summed E-state index contributed by atoms with van der Waals surface area (Å²) in [6, 6.07) is 108. The molecule has 0 amide bonds. The molecule has 11 aromatic rings. The zero-order valence-corrected chi connectivity index (χ0v) is 55.3. The molecule has 13 rings (SSSR count). The summed E-state index contributed by atoms with van der Waals surface area (Å²) >= 11 is 0. The van der Waals surface area contributed by atoms with Crippen molar-refractivity contribution < 1.29 is 42.5 Å². The van der Waals surface area contributed by atoms with Gasteiger partial charge in [-0.1, -0.05) is 328 Å². The Hall–Kier alpha value is -7.24. The third kappa shape index (κ3) is 10.7. The molecule has 0 bridgehead atoms. The molecule has 0 saturated carbocycles. The summed E-state index contributed by atoms with van der Waals surface area (Å²) in [6.45, 7) is 3.38. The van der Waals surface area contributed by atoms with Gasteiger partial charge in [-0.05, 0) is 62.2 Å². The van der Waals surface area contributed by atoms with Crippen LogP contribution in [0.25, 0.3) is 0 Å². The molecule has 426 valence electrons. The Labute approximate surface area is 510 Å². The second kappa shape index (κ2) is 23.8. The van der Waals surface area contributed by atoms with Gasteiger partial charge in [0.05, 0.1) is 0 Å². The van der Waals surface area contributed by atoms with Crippen molar-refractivity contribution in [1.29, 1.82) is 0 Å². The lowest BCUT2D eigenvalue weighted by molar-refractivity contribution is 0.189. The van der Waals surface area contributed by atoms with Crippen molar-refractivity contribution >= 4 is 131 Å². The molecule has 0 aliphatic carbocycles. The van der Waals surface area contributed by atoms with E-state index in [1.54, 1.807) is 13.1 Å². The Balaban J connectivity index is 1.14. The van der Waals surface area contributed by atoms with Crippen LogP contribution in [0.2, 0.25) is 13.1 Å². The first kappa shape index (κ1) is 57.8. The summed E-state index contributed by atoms with van der Waals surface area (Å²) in [5, 5.41) is 9.16. The minimum Gasteiger partial charge on any atom is -0.402 e. The van der Waals surface area contributed by atoms with E-state index >= 15 is 0 Å². The van der Waals surface area contributed by atoms with Gasteiger partial charge >= 0.3 is 69.0 Å². The van der Waals surface area contributed by atoms with Gasteiger partial charge in [0.1, 0.15) is 0 Å². The van der Waals surface area contributed by atoms with Crippen molar-refractivity contribution in [3.05, 3.63) is 328 Å². The highest BCUT2D eigenvalue weighted by Crippen LogP contribution is 2.34. The van der Waals surface area contributed by atoms with E-state index < -0.39 is 69.0 Å². The molecule has 86 heavy (non-hydrogen) atoms. The van der Waals surface area contributed by atoms with E-state index in [1.165, 1.54) is 0 Å². The summed E-state index contributed by atoms with van der Waals surface area (Å²) in [5.41, 5.74) is 0. The Kier molecular flexibility index (Phi) is 16.0. The van der Waals surface area contributed by atoms with Gasteiger partial charge in [0, 0.05) is 13.1 Å². The van der Waals surface area contributed by atoms with Gasteiger partial charge in [0.15, 0.2) is 0 Å². The largest absolute Gasteiger partial charge is 0.477 e. The Morgan fingerprint density at radius 1 is 0.163 bits per heavy atom. The average molecular weight is 1260 g/mol. The van der Waals surface area contributed by atoms with Gasteiger partial charge in [0.25, 0.3) is 0 Å².